The van der Waals surface area contributed by atoms with E-state index in [0.717, 1.165) is 18.5 Å². The highest BCUT2D eigenvalue weighted by molar-refractivity contribution is 5.92. The van der Waals surface area contributed by atoms with Crippen LogP contribution in [-0.2, 0) is 6.54 Å². The monoisotopic (exact) mass is 284 g/mol. The molecule has 1 heterocycles. The zero-order valence-corrected chi connectivity index (χ0v) is 12.4. The van der Waals surface area contributed by atoms with Gasteiger partial charge in [-0.05, 0) is 18.1 Å². The van der Waals surface area contributed by atoms with E-state index in [0.29, 0.717) is 18.2 Å². The van der Waals surface area contributed by atoms with Crippen LogP contribution in [0.4, 0.5) is 5.95 Å². The van der Waals surface area contributed by atoms with Crippen LogP contribution in [0.25, 0.3) is 0 Å². The third-order valence-corrected chi connectivity index (χ3v) is 3.02. The van der Waals surface area contributed by atoms with Gasteiger partial charge in [-0.3, -0.25) is 4.79 Å². The molecule has 2 rings (SSSR count). The Morgan fingerprint density at radius 3 is 2.71 bits per heavy atom. The van der Waals surface area contributed by atoms with Crippen molar-refractivity contribution in [1.82, 2.24) is 14.9 Å². The Hall–Kier alpha value is -2.43. The van der Waals surface area contributed by atoms with Crippen LogP contribution >= 0.6 is 0 Å². The Kier molecular flexibility index (Phi) is 5.26. The lowest BCUT2D eigenvalue weighted by molar-refractivity contribution is 0.0779. The molecule has 110 valence electrons. The minimum absolute atomic E-state index is 0.110. The van der Waals surface area contributed by atoms with E-state index in [1.54, 1.807) is 24.2 Å². The van der Waals surface area contributed by atoms with Crippen molar-refractivity contribution >= 4 is 11.9 Å². The van der Waals surface area contributed by atoms with Crippen LogP contribution in [0.2, 0.25) is 0 Å². The minimum atomic E-state index is -0.110. The van der Waals surface area contributed by atoms with Crippen LogP contribution in [0, 0.1) is 0 Å². The van der Waals surface area contributed by atoms with Gasteiger partial charge in [0.05, 0.1) is 0 Å². The quantitative estimate of drug-likeness (QED) is 0.885. The number of rotatable bonds is 6. The zero-order valence-electron chi connectivity index (χ0n) is 12.4. The van der Waals surface area contributed by atoms with Gasteiger partial charge in [0.1, 0.15) is 5.69 Å². The molecule has 0 bridgehead atoms. The lowest BCUT2D eigenvalue weighted by Crippen LogP contribution is -2.27. The van der Waals surface area contributed by atoms with E-state index in [1.165, 1.54) is 0 Å². The molecular formula is C16H20N4O. The molecule has 2 aromatic rings. The highest BCUT2D eigenvalue weighted by atomic mass is 16.2. The first kappa shape index (κ1) is 15.0. The second kappa shape index (κ2) is 7.38. The van der Waals surface area contributed by atoms with Crippen LogP contribution in [0.1, 0.15) is 29.4 Å². The van der Waals surface area contributed by atoms with Gasteiger partial charge in [-0.1, -0.05) is 37.3 Å². The predicted octanol–water partition coefficient (Wildman–Crippen LogP) is 2.57. The molecule has 5 nitrogen and oxygen atoms in total. The zero-order chi connectivity index (χ0) is 15.1. The standard InChI is InChI=1S/C16H20N4O/c1-3-10-17-16-18-11-9-14(19-16)15(21)20(2)12-13-7-5-4-6-8-13/h4-9,11H,3,10,12H2,1-2H3,(H,17,18,19). The largest absolute Gasteiger partial charge is 0.354 e. The fourth-order valence-electron chi connectivity index (χ4n) is 1.92. The summed E-state index contributed by atoms with van der Waals surface area (Å²) in [6.45, 7) is 3.41. The number of benzene rings is 1. The minimum Gasteiger partial charge on any atom is -0.354 e. The smallest absolute Gasteiger partial charge is 0.272 e. The molecule has 0 atom stereocenters. The van der Waals surface area contributed by atoms with Crippen LogP contribution in [0.3, 0.4) is 0 Å². The van der Waals surface area contributed by atoms with Crippen molar-refractivity contribution in [1.29, 1.82) is 0 Å². The van der Waals surface area contributed by atoms with Crippen LogP contribution in [-0.4, -0.2) is 34.4 Å². The van der Waals surface area contributed by atoms with Gasteiger partial charge in [0.25, 0.3) is 5.91 Å². The van der Waals surface area contributed by atoms with Crippen LogP contribution < -0.4 is 5.32 Å². The summed E-state index contributed by atoms with van der Waals surface area (Å²) in [4.78, 5) is 22.4. The van der Waals surface area contributed by atoms with Gasteiger partial charge in [-0.2, -0.15) is 0 Å². The van der Waals surface area contributed by atoms with E-state index in [2.05, 4.69) is 22.2 Å². The number of amides is 1. The number of anilines is 1. The Bertz CT molecular complexity index is 586. The molecule has 21 heavy (non-hydrogen) atoms. The summed E-state index contributed by atoms with van der Waals surface area (Å²) in [6, 6.07) is 11.5. The summed E-state index contributed by atoms with van der Waals surface area (Å²) < 4.78 is 0. The van der Waals surface area contributed by atoms with Crippen molar-refractivity contribution in [3.05, 3.63) is 53.9 Å². The SMILES string of the molecule is CCCNc1nccc(C(=O)N(C)Cc2ccccc2)n1. The molecule has 0 saturated heterocycles. The maximum Gasteiger partial charge on any atom is 0.272 e. The van der Waals surface area contributed by atoms with Gasteiger partial charge in [0.15, 0.2) is 0 Å². The average molecular weight is 284 g/mol. The predicted molar refractivity (Wildman–Crippen MR) is 83.1 cm³/mol. The molecule has 1 aromatic heterocycles. The fourth-order valence-corrected chi connectivity index (χ4v) is 1.92. The van der Waals surface area contributed by atoms with E-state index in [4.69, 9.17) is 0 Å². The molecule has 1 aromatic carbocycles. The van der Waals surface area contributed by atoms with Gasteiger partial charge in [-0.15, -0.1) is 0 Å². The topological polar surface area (TPSA) is 58.1 Å². The Balaban J connectivity index is 2.05. The highest BCUT2D eigenvalue weighted by Crippen LogP contribution is 2.08. The maximum atomic E-state index is 12.4. The Labute approximate surface area is 125 Å². The van der Waals surface area contributed by atoms with Gasteiger partial charge in [0.2, 0.25) is 5.95 Å². The number of nitrogens with one attached hydrogen (secondary N) is 1. The van der Waals surface area contributed by atoms with Gasteiger partial charge in [0, 0.05) is 26.3 Å². The van der Waals surface area contributed by atoms with E-state index in [9.17, 15) is 4.79 Å². The van der Waals surface area contributed by atoms with Crippen molar-refractivity contribution in [2.75, 3.05) is 18.9 Å². The summed E-state index contributed by atoms with van der Waals surface area (Å²) in [6.07, 6.45) is 2.59. The highest BCUT2D eigenvalue weighted by Gasteiger charge is 2.14. The summed E-state index contributed by atoms with van der Waals surface area (Å²) in [5.41, 5.74) is 1.49. The number of nitrogens with zero attached hydrogens (tertiary/aromatic N) is 3. The molecule has 0 aliphatic rings. The van der Waals surface area contributed by atoms with Crippen molar-refractivity contribution in [2.45, 2.75) is 19.9 Å². The molecule has 5 heteroatoms. The third-order valence-electron chi connectivity index (χ3n) is 3.02. The van der Waals surface area contributed by atoms with Crippen molar-refractivity contribution < 1.29 is 4.79 Å². The van der Waals surface area contributed by atoms with Gasteiger partial charge in [-0.25, -0.2) is 9.97 Å². The van der Waals surface area contributed by atoms with E-state index >= 15 is 0 Å². The molecule has 0 aliphatic heterocycles. The molecule has 1 amide bonds. The summed E-state index contributed by atoms with van der Waals surface area (Å²) in [5.74, 6) is 0.386. The number of carbonyl (C=O) groups is 1. The molecule has 0 radical (unpaired) electrons. The van der Waals surface area contributed by atoms with E-state index < -0.39 is 0 Å². The first-order valence-corrected chi connectivity index (χ1v) is 7.07. The van der Waals surface area contributed by atoms with Crippen molar-refractivity contribution in [3.8, 4) is 0 Å². The molecule has 0 spiro atoms. The lowest BCUT2D eigenvalue weighted by Gasteiger charge is -2.17. The average Bonchev–Trinajstić information content (AvgIpc) is 2.53. The third kappa shape index (κ3) is 4.27. The molecule has 1 N–H and O–H groups in total. The van der Waals surface area contributed by atoms with Crippen LogP contribution in [0.5, 0.6) is 0 Å². The first-order valence-electron chi connectivity index (χ1n) is 7.07. The summed E-state index contributed by atoms with van der Waals surface area (Å²) in [7, 11) is 1.77. The van der Waals surface area contributed by atoms with Gasteiger partial charge < -0.3 is 10.2 Å². The lowest BCUT2D eigenvalue weighted by atomic mass is 10.2. The second-order valence-electron chi connectivity index (χ2n) is 4.84. The first-order chi connectivity index (χ1) is 10.2. The Morgan fingerprint density at radius 1 is 1.24 bits per heavy atom. The molecule has 0 saturated carbocycles. The summed E-state index contributed by atoms with van der Waals surface area (Å²) >= 11 is 0. The summed E-state index contributed by atoms with van der Waals surface area (Å²) in [5, 5.41) is 3.09. The molecular weight excluding hydrogens is 264 g/mol. The van der Waals surface area contributed by atoms with Crippen molar-refractivity contribution in [3.63, 3.8) is 0 Å². The van der Waals surface area contributed by atoms with Crippen molar-refractivity contribution in [2.24, 2.45) is 0 Å². The Morgan fingerprint density at radius 2 is 2.00 bits per heavy atom. The number of carbonyl (C=O) groups excluding carboxylic acids is 1. The molecule has 0 fully saturated rings. The van der Waals surface area contributed by atoms with Crippen LogP contribution in [0.15, 0.2) is 42.6 Å². The molecule has 0 unspecified atom stereocenters. The normalized spacial score (nSPS) is 10.2. The van der Waals surface area contributed by atoms with E-state index in [1.807, 2.05) is 30.3 Å². The molecule has 0 aliphatic carbocycles. The number of hydrogen-bond donors (Lipinski definition) is 1. The van der Waals surface area contributed by atoms with Gasteiger partial charge >= 0.3 is 0 Å². The van der Waals surface area contributed by atoms with E-state index in [-0.39, 0.29) is 5.91 Å². The maximum absolute atomic E-state index is 12.4. The second-order valence-corrected chi connectivity index (χ2v) is 4.84. The number of hydrogen-bond acceptors (Lipinski definition) is 4. The number of aromatic nitrogens is 2. The fraction of sp³-hybridized carbons (Fsp3) is 0.312.